The molecule has 6 nitrogen and oxygen atoms in total. The molecule has 2 fully saturated rings. The average Bonchev–Trinajstić information content (AvgIpc) is 3.16. The van der Waals surface area contributed by atoms with Crippen molar-refractivity contribution in [2.24, 2.45) is 5.41 Å². The van der Waals surface area contributed by atoms with E-state index in [1.54, 1.807) is 24.1 Å². The summed E-state index contributed by atoms with van der Waals surface area (Å²) in [4.78, 5) is 26.8. The van der Waals surface area contributed by atoms with Gasteiger partial charge < -0.3 is 4.90 Å². The minimum absolute atomic E-state index is 0.206. The largest absolute Gasteiger partial charge is 0.324 e. The van der Waals surface area contributed by atoms with Gasteiger partial charge in [0.1, 0.15) is 11.4 Å². The Morgan fingerprint density at radius 3 is 2.64 bits per heavy atom. The summed E-state index contributed by atoms with van der Waals surface area (Å²) in [6.45, 7) is 2.09. The predicted molar refractivity (Wildman–Crippen MR) is 101 cm³/mol. The molecule has 28 heavy (non-hydrogen) atoms. The smallest absolute Gasteiger partial charge is 0.312 e. The number of benzene rings is 1. The highest BCUT2D eigenvalue weighted by molar-refractivity contribution is 6.08. The van der Waals surface area contributed by atoms with E-state index in [1.165, 1.54) is 12.1 Å². The number of nitrogens with zero attached hydrogens (tertiary/aromatic N) is 3. The van der Waals surface area contributed by atoms with Crippen molar-refractivity contribution in [3.05, 3.63) is 53.1 Å². The molecule has 1 saturated carbocycles. The predicted octanol–water partition coefficient (Wildman–Crippen LogP) is 3.06. The first-order chi connectivity index (χ1) is 13.4. The maximum atomic E-state index is 13.3. The zero-order chi connectivity index (χ0) is 19.7. The van der Waals surface area contributed by atoms with Gasteiger partial charge in [0.25, 0.3) is 5.91 Å². The number of hydrogen-bond donors (Lipinski definition) is 1. The van der Waals surface area contributed by atoms with Gasteiger partial charge >= 0.3 is 6.03 Å². The standard InChI is InChI=1S/C21H21FN4O2/c1-20-11-13-12-23-26(16-7-5-15(22)6-8-16)17(13)10-14(20)4-3-9-21(20)18(27)24-19(28)25(21)2/h5-8,10,12H,3-4,9,11H2,1-2H3,(H,24,27,28)/t20?,21-/m0/s1. The molecule has 1 spiro atoms. The number of fused-ring (bicyclic) bond motifs is 3. The average molecular weight is 380 g/mol. The van der Waals surface area contributed by atoms with Gasteiger partial charge in [-0.3, -0.25) is 10.1 Å². The molecule has 2 atom stereocenters. The maximum Gasteiger partial charge on any atom is 0.324 e. The van der Waals surface area contributed by atoms with E-state index in [-0.39, 0.29) is 17.8 Å². The molecule has 3 amide bonds. The van der Waals surface area contributed by atoms with Gasteiger partial charge in [-0.1, -0.05) is 12.5 Å². The lowest BCUT2D eigenvalue weighted by molar-refractivity contribution is -0.133. The Labute approximate surface area is 162 Å². The molecular weight excluding hydrogens is 359 g/mol. The number of rotatable bonds is 1. The van der Waals surface area contributed by atoms with Crippen molar-refractivity contribution >= 4 is 18.0 Å². The van der Waals surface area contributed by atoms with Crippen LogP contribution in [0.3, 0.4) is 0 Å². The Morgan fingerprint density at radius 2 is 1.96 bits per heavy atom. The number of urea groups is 1. The molecule has 1 aliphatic heterocycles. The number of hydrogen-bond acceptors (Lipinski definition) is 3. The molecule has 2 aliphatic carbocycles. The highest BCUT2D eigenvalue weighted by atomic mass is 19.1. The van der Waals surface area contributed by atoms with Crippen molar-refractivity contribution in [3.63, 3.8) is 0 Å². The van der Waals surface area contributed by atoms with Crippen molar-refractivity contribution in [2.75, 3.05) is 7.05 Å². The number of halogens is 1. The zero-order valence-electron chi connectivity index (χ0n) is 15.8. The Kier molecular flexibility index (Phi) is 3.39. The topological polar surface area (TPSA) is 67.2 Å². The summed E-state index contributed by atoms with van der Waals surface area (Å²) in [5, 5.41) is 7.03. The Morgan fingerprint density at radius 1 is 1.21 bits per heavy atom. The summed E-state index contributed by atoms with van der Waals surface area (Å²) in [6.07, 6.45) is 6.92. The third-order valence-corrected chi connectivity index (χ3v) is 6.89. The summed E-state index contributed by atoms with van der Waals surface area (Å²) in [6, 6.07) is 5.91. The molecule has 2 heterocycles. The lowest BCUT2D eigenvalue weighted by Gasteiger charge is -2.53. The fraction of sp³-hybridized carbons (Fsp3) is 0.381. The first-order valence-corrected chi connectivity index (χ1v) is 9.50. The molecule has 1 saturated heterocycles. The molecule has 1 aromatic heterocycles. The SMILES string of the molecule is CN1C(=O)NC(=O)[C@]12CCCC1=Cc3c(cnn3-c3ccc(F)cc3)CC12C. The Bertz CT molecular complexity index is 1040. The normalized spacial score (nSPS) is 28.8. The molecule has 5 rings (SSSR count). The van der Waals surface area contributed by atoms with Crippen molar-refractivity contribution in [1.82, 2.24) is 20.0 Å². The summed E-state index contributed by atoms with van der Waals surface area (Å²) >= 11 is 0. The van der Waals surface area contributed by atoms with Crippen molar-refractivity contribution in [1.29, 1.82) is 0 Å². The second-order valence-corrected chi connectivity index (χ2v) is 8.15. The molecule has 7 heteroatoms. The molecule has 1 N–H and O–H groups in total. The van der Waals surface area contributed by atoms with E-state index in [4.69, 9.17) is 0 Å². The van der Waals surface area contributed by atoms with Crippen LogP contribution in [0.1, 0.15) is 37.4 Å². The van der Waals surface area contributed by atoms with E-state index >= 15 is 0 Å². The minimum atomic E-state index is -0.871. The fourth-order valence-corrected chi connectivity index (χ4v) is 5.37. The van der Waals surface area contributed by atoms with Crippen LogP contribution in [0, 0.1) is 11.2 Å². The van der Waals surface area contributed by atoms with Gasteiger partial charge in [0.05, 0.1) is 17.6 Å². The van der Waals surface area contributed by atoms with E-state index in [2.05, 4.69) is 23.4 Å². The lowest BCUT2D eigenvalue weighted by Crippen LogP contribution is -2.63. The van der Waals surface area contributed by atoms with Crippen LogP contribution >= 0.6 is 0 Å². The van der Waals surface area contributed by atoms with Crippen molar-refractivity contribution < 1.29 is 14.0 Å². The van der Waals surface area contributed by atoms with Gasteiger partial charge in [0, 0.05) is 12.5 Å². The number of carbonyl (C=O) groups excluding carboxylic acids is 2. The second kappa shape index (κ2) is 5.53. The molecule has 3 aliphatic rings. The number of nitrogens with one attached hydrogen (secondary N) is 1. The number of carbonyl (C=O) groups is 2. The molecule has 144 valence electrons. The van der Waals surface area contributed by atoms with Gasteiger partial charge in [-0.15, -0.1) is 0 Å². The zero-order valence-corrected chi connectivity index (χ0v) is 15.8. The molecule has 2 aromatic rings. The maximum absolute atomic E-state index is 13.3. The van der Waals surface area contributed by atoms with Crippen molar-refractivity contribution in [2.45, 2.75) is 38.1 Å². The Hall–Kier alpha value is -2.96. The van der Waals surface area contributed by atoms with Crippen molar-refractivity contribution in [3.8, 4) is 5.69 Å². The van der Waals surface area contributed by atoms with Gasteiger partial charge in [-0.2, -0.15) is 5.10 Å². The number of amides is 3. The minimum Gasteiger partial charge on any atom is -0.312 e. The molecule has 1 aromatic carbocycles. The monoisotopic (exact) mass is 380 g/mol. The van der Waals surface area contributed by atoms with E-state index in [9.17, 15) is 14.0 Å². The first-order valence-electron chi connectivity index (χ1n) is 9.50. The molecule has 0 bridgehead atoms. The number of likely N-dealkylation sites (N-methyl/N-ethyl adjacent to an activating group) is 1. The van der Waals surface area contributed by atoms with Crippen LogP contribution in [0.25, 0.3) is 11.8 Å². The lowest BCUT2D eigenvalue weighted by atomic mass is 9.55. The third kappa shape index (κ3) is 1.99. The van der Waals surface area contributed by atoms with Crippen LogP contribution in [0.15, 0.2) is 36.0 Å². The second-order valence-electron chi connectivity index (χ2n) is 8.15. The highest BCUT2D eigenvalue weighted by Crippen LogP contribution is 2.56. The van der Waals surface area contributed by atoms with E-state index in [1.807, 2.05) is 10.9 Å². The molecule has 1 unspecified atom stereocenters. The van der Waals surface area contributed by atoms with Gasteiger partial charge in [0.15, 0.2) is 0 Å². The van der Waals surface area contributed by atoms with Gasteiger partial charge in [-0.05, 0) is 61.6 Å². The van der Waals surface area contributed by atoms with Crippen LogP contribution in [0.2, 0.25) is 0 Å². The summed E-state index contributed by atoms with van der Waals surface area (Å²) in [5.41, 5.74) is 2.58. The first kappa shape index (κ1) is 17.2. The van der Waals surface area contributed by atoms with Crippen LogP contribution in [-0.4, -0.2) is 39.2 Å². The van der Waals surface area contributed by atoms with Gasteiger partial charge in [0.2, 0.25) is 0 Å². The molecule has 0 radical (unpaired) electrons. The van der Waals surface area contributed by atoms with Crippen LogP contribution in [-0.2, 0) is 11.2 Å². The summed E-state index contributed by atoms with van der Waals surface area (Å²) < 4.78 is 15.1. The van der Waals surface area contributed by atoms with Crippen LogP contribution < -0.4 is 5.32 Å². The number of aromatic nitrogens is 2. The van der Waals surface area contributed by atoms with Crippen LogP contribution in [0.5, 0.6) is 0 Å². The van der Waals surface area contributed by atoms with Crippen LogP contribution in [0.4, 0.5) is 9.18 Å². The summed E-state index contributed by atoms with van der Waals surface area (Å²) in [7, 11) is 1.71. The van der Waals surface area contributed by atoms with E-state index < -0.39 is 11.0 Å². The quantitative estimate of drug-likeness (QED) is 0.774. The van der Waals surface area contributed by atoms with Gasteiger partial charge in [-0.25, -0.2) is 13.9 Å². The fourth-order valence-electron chi connectivity index (χ4n) is 5.37. The molecular formula is C21H21FN4O2. The number of imide groups is 1. The summed E-state index contributed by atoms with van der Waals surface area (Å²) in [5.74, 6) is -0.493. The van der Waals surface area contributed by atoms with E-state index in [0.717, 1.165) is 35.4 Å². The third-order valence-electron chi connectivity index (χ3n) is 6.89. The Balaban J connectivity index is 1.64. The van der Waals surface area contributed by atoms with E-state index in [0.29, 0.717) is 12.8 Å². The highest BCUT2D eigenvalue weighted by Gasteiger charge is 2.64.